The van der Waals surface area contributed by atoms with Crippen molar-refractivity contribution in [2.24, 2.45) is 0 Å². The van der Waals surface area contributed by atoms with Gasteiger partial charge in [0.15, 0.2) is 34.7 Å². The summed E-state index contributed by atoms with van der Waals surface area (Å²) < 4.78 is 41.0. The van der Waals surface area contributed by atoms with E-state index in [0.717, 1.165) is 12.4 Å². The molecule has 0 atom stereocenters. The molecular weight excluding hydrogens is 443 g/mol. The van der Waals surface area contributed by atoms with Crippen molar-refractivity contribution in [3.05, 3.63) is 54.4 Å². The number of methoxy groups -OCH3 is 1. The first-order valence-corrected chi connectivity index (χ1v) is 9.96. The average Bonchev–Trinajstić information content (AvgIpc) is 3.31. The monoisotopic (exact) mass is 467 g/mol. The molecule has 4 aromatic rings. The van der Waals surface area contributed by atoms with Crippen LogP contribution in [0.25, 0.3) is 11.4 Å². The Labute approximate surface area is 197 Å². The fourth-order valence-corrected chi connectivity index (χ4v) is 3.04. The van der Waals surface area contributed by atoms with E-state index in [4.69, 9.17) is 8.85 Å². The summed E-state index contributed by atoms with van der Waals surface area (Å²) >= 11 is 0. The summed E-state index contributed by atoms with van der Waals surface area (Å²) in [5.74, 6) is -0.493. The highest BCUT2D eigenvalue weighted by molar-refractivity contribution is 5.99. The van der Waals surface area contributed by atoms with Crippen molar-refractivity contribution in [1.82, 2.24) is 40.5 Å². The molecule has 3 heterocycles. The van der Waals surface area contributed by atoms with Gasteiger partial charge in [-0.25, -0.2) is 14.4 Å². The molecule has 34 heavy (non-hydrogen) atoms. The van der Waals surface area contributed by atoms with Crippen LogP contribution >= 0.6 is 0 Å². The maximum absolute atomic E-state index is 13.3. The van der Waals surface area contributed by atoms with Gasteiger partial charge in [0.25, 0.3) is 5.91 Å². The number of aryl methyl sites for hydroxylation is 1. The summed E-state index contributed by atoms with van der Waals surface area (Å²) in [4.78, 5) is 22.2. The van der Waals surface area contributed by atoms with E-state index in [-0.39, 0.29) is 28.8 Å². The molecule has 0 unspecified atom stereocenters. The Morgan fingerprint density at radius 3 is 2.68 bits per heavy atom. The van der Waals surface area contributed by atoms with Crippen LogP contribution in [-0.4, -0.2) is 55.2 Å². The normalized spacial score (nSPS) is 12.3. The van der Waals surface area contributed by atoms with Crippen molar-refractivity contribution in [3.63, 3.8) is 0 Å². The van der Waals surface area contributed by atoms with E-state index in [0.29, 0.717) is 23.6 Å². The lowest BCUT2D eigenvalue weighted by atomic mass is 10.1. The smallest absolute Gasteiger partial charge is 0.273 e. The Bertz CT molecular complexity index is 1410. The largest absolute Gasteiger partial charge is 0.494 e. The molecule has 13 heteroatoms. The maximum atomic E-state index is 13.3. The third-order valence-electron chi connectivity index (χ3n) is 4.55. The first kappa shape index (κ1) is 18.8. The molecule has 0 bridgehead atoms. The average molecular weight is 467 g/mol. The summed E-state index contributed by atoms with van der Waals surface area (Å²) in [6.45, 7) is -0.312. The number of nitrogens with zero attached hydrogens (tertiary/aromatic N) is 7. The Morgan fingerprint density at radius 1 is 1.15 bits per heavy atom. The predicted molar refractivity (Wildman–Crippen MR) is 122 cm³/mol. The minimum atomic E-state index is -2.75. The van der Waals surface area contributed by atoms with Gasteiger partial charge in [0.2, 0.25) is 0 Å². The van der Waals surface area contributed by atoms with Crippen molar-refractivity contribution < 1.29 is 18.0 Å². The molecule has 12 nitrogen and oxygen atoms in total. The number of halogens is 1. The molecule has 0 fully saturated rings. The molecule has 0 aliphatic heterocycles. The second-order valence-electron chi connectivity index (χ2n) is 6.73. The van der Waals surface area contributed by atoms with E-state index in [1.807, 2.05) is 12.2 Å². The number of para-hydroxylation sites is 1. The summed E-state index contributed by atoms with van der Waals surface area (Å²) in [5.41, 5.74) is 0.631. The van der Waals surface area contributed by atoms with Gasteiger partial charge in [-0.3, -0.25) is 4.79 Å². The molecule has 0 aliphatic carbocycles. The van der Waals surface area contributed by atoms with Crippen molar-refractivity contribution >= 4 is 28.9 Å². The first-order chi connectivity index (χ1) is 17.7. The second kappa shape index (κ2) is 9.85. The summed E-state index contributed by atoms with van der Waals surface area (Å²) in [6.07, 6.45) is 3.54. The van der Waals surface area contributed by atoms with Gasteiger partial charge in [-0.2, -0.15) is 9.90 Å². The van der Waals surface area contributed by atoms with Crippen LogP contribution < -0.4 is 20.7 Å². The van der Waals surface area contributed by atoms with Crippen molar-refractivity contribution in [3.8, 4) is 17.1 Å². The third-order valence-corrected chi connectivity index (χ3v) is 4.55. The molecule has 174 valence electrons. The van der Waals surface area contributed by atoms with Gasteiger partial charge in [0.05, 0.1) is 49.2 Å². The van der Waals surface area contributed by atoms with Crippen LogP contribution in [0.2, 0.25) is 0 Å². The van der Waals surface area contributed by atoms with E-state index in [2.05, 4.69) is 41.0 Å². The number of benzene rings is 1. The Balaban J connectivity index is 1.74. The van der Waals surface area contributed by atoms with E-state index < -0.39 is 18.7 Å². The zero-order chi connectivity index (χ0) is 26.6. The topological polar surface area (TPSA) is 145 Å². The van der Waals surface area contributed by atoms with Gasteiger partial charge in [0.1, 0.15) is 0 Å². The van der Waals surface area contributed by atoms with Gasteiger partial charge in [0, 0.05) is 17.2 Å². The third kappa shape index (κ3) is 4.72. The fourth-order valence-electron chi connectivity index (χ4n) is 3.04. The number of nitrogens with one attached hydrogen (secondary N) is 3. The number of anilines is 4. The van der Waals surface area contributed by atoms with Crippen LogP contribution in [0.15, 0.2) is 42.9 Å². The SMILES string of the molecule is [2H]C([2H])([2H])NC(=O)c1nnc(Nc2cnn(CC)n2)cc1Nc1cccc(-c2ncc(F)cn2)c1OC. The minimum Gasteiger partial charge on any atom is -0.494 e. The summed E-state index contributed by atoms with van der Waals surface area (Å²) in [5, 5.41) is 24.1. The van der Waals surface area contributed by atoms with Crippen LogP contribution in [0.1, 0.15) is 21.5 Å². The van der Waals surface area contributed by atoms with E-state index >= 15 is 0 Å². The van der Waals surface area contributed by atoms with Crippen LogP contribution in [0.4, 0.5) is 27.4 Å². The van der Waals surface area contributed by atoms with Crippen molar-refractivity contribution in [2.45, 2.75) is 13.5 Å². The molecule has 0 spiro atoms. The number of hydrogen-bond donors (Lipinski definition) is 3. The fraction of sp³-hybridized carbons (Fsp3) is 0.190. The maximum Gasteiger partial charge on any atom is 0.273 e. The van der Waals surface area contributed by atoms with Crippen LogP contribution in [0.5, 0.6) is 5.75 Å². The number of carbonyl (C=O) groups is 1. The number of rotatable bonds is 8. The molecule has 0 saturated heterocycles. The molecule has 3 N–H and O–H groups in total. The van der Waals surface area contributed by atoms with Gasteiger partial charge < -0.3 is 20.7 Å². The highest BCUT2D eigenvalue weighted by atomic mass is 19.1. The van der Waals surface area contributed by atoms with Gasteiger partial charge in [-0.05, 0) is 19.1 Å². The number of aromatic nitrogens is 7. The zero-order valence-corrected chi connectivity index (χ0v) is 18.1. The molecule has 1 amide bonds. The molecule has 0 radical (unpaired) electrons. The summed E-state index contributed by atoms with van der Waals surface area (Å²) in [7, 11) is 1.42. The lowest BCUT2D eigenvalue weighted by molar-refractivity contribution is 0.0958. The molecule has 1 aromatic carbocycles. The number of carbonyl (C=O) groups excluding carboxylic acids is 1. The Morgan fingerprint density at radius 2 is 1.97 bits per heavy atom. The highest BCUT2D eigenvalue weighted by Gasteiger charge is 2.19. The van der Waals surface area contributed by atoms with Crippen molar-refractivity contribution in [2.75, 3.05) is 24.7 Å². The van der Waals surface area contributed by atoms with Crippen LogP contribution in [0, 0.1) is 5.82 Å². The van der Waals surface area contributed by atoms with E-state index in [1.165, 1.54) is 24.2 Å². The standard InChI is InChI=1S/C21H21FN10O2/c1-4-32-26-11-17(31-32)28-16-8-15(18(30-29-16)21(33)23-2)27-14-7-5-6-13(19(14)34-3)20-24-9-12(22)10-25-20/h5-11H,4H2,1-3H3,(H,23,33)(H2,27,28,29,31)/i2D3. The van der Waals surface area contributed by atoms with Crippen molar-refractivity contribution in [1.29, 1.82) is 0 Å². The Kier molecular flexibility index (Phi) is 5.46. The summed E-state index contributed by atoms with van der Waals surface area (Å²) in [6, 6.07) is 6.45. The minimum absolute atomic E-state index is 0.109. The number of ether oxygens (including phenoxy) is 1. The number of hydrogen-bond acceptors (Lipinski definition) is 10. The van der Waals surface area contributed by atoms with E-state index in [1.54, 1.807) is 18.2 Å². The van der Waals surface area contributed by atoms with E-state index in [9.17, 15) is 9.18 Å². The molecule has 0 aliphatic rings. The highest BCUT2D eigenvalue weighted by Crippen LogP contribution is 2.37. The lowest BCUT2D eigenvalue weighted by Crippen LogP contribution is -2.21. The molecule has 4 rings (SSSR count). The lowest BCUT2D eigenvalue weighted by Gasteiger charge is -2.16. The van der Waals surface area contributed by atoms with Gasteiger partial charge >= 0.3 is 0 Å². The zero-order valence-electron chi connectivity index (χ0n) is 21.1. The number of amides is 1. The Hall–Kier alpha value is -4.68. The quantitative estimate of drug-likeness (QED) is 0.353. The molecular formula is C21H21FN10O2. The second-order valence-corrected chi connectivity index (χ2v) is 6.73. The first-order valence-electron chi connectivity index (χ1n) is 11.5. The predicted octanol–water partition coefficient (Wildman–Crippen LogP) is 2.54. The molecule has 0 saturated carbocycles. The van der Waals surface area contributed by atoms with Gasteiger partial charge in [-0.1, -0.05) is 6.07 Å². The van der Waals surface area contributed by atoms with Crippen LogP contribution in [-0.2, 0) is 6.54 Å². The van der Waals surface area contributed by atoms with Crippen LogP contribution in [0.3, 0.4) is 0 Å². The van der Waals surface area contributed by atoms with Gasteiger partial charge in [-0.15, -0.1) is 15.3 Å². The molecule has 3 aromatic heterocycles.